The van der Waals surface area contributed by atoms with Crippen LogP contribution in [-0.4, -0.2) is 64.5 Å². The summed E-state index contributed by atoms with van der Waals surface area (Å²) < 4.78 is 4.65. The molecule has 0 saturated carbocycles. The third kappa shape index (κ3) is 4.06. The summed E-state index contributed by atoms with van der Waals surface area (Å²) in [5.41, 5.74) is 0.508. The summed E-state index contributed by atoms with van der Waals surface area (Å²) >= 11 is 0. The Kier molecular flexibility index (Phi) is 5.13. The Morgan fingerprint density at radius 3 is 2.91 bits per heavy atom. The molecule has 2 heterocycles. The second-order valence-corrected chi connectivity index (χ2v) is 5.43. The first-order valence-electron chi connectivity index (χ1n) is 7.11. The Morgan fingerprint density at radius 2 is 2.27 bits per heavy atom. The summed E-state index contributed by atoms with van der Waals surface area (Å²) in [6.45, 7) is 0.677. The van der Waals surface area contributed by atoms with Crippen LogP contribution in [-0.2, 0) is 20.8 Å². The number of carbonyl (C=O) groups is 3. The zero-order chi connectivity index (χ0) is 16.1. The lowest BCUT2D eigenvalue weighted by atomic mass is 9.98. The van der Waals surface area contributed by atoms with Crippen molar-refractivity contribution in [3.63, 3.8) is 0 Å². The lowest BCUT2D eigenvalue weighted by Crippen LogP contribution is -2.47. The van der Waals surface area contributed by atoms with E-state index in [0.29, 0.717) is 25.1 Å². The highest BCUT2D eigenvalue weighted by molar-refractivity contribution is 5.86. The summed E-state index contributed by atoms with van der Waals surface area (Å²) in [5, 5.41) is 12.7. The van der Waals surface area contributed by atoms with Crippen LogP contribution in [0, 0.1) is 5.92 Å². The quantitative estimate of drug-likeness (QED) is 0.821. The number of aromatic nitrogens is 1. The molecule has 1 aliphatic heterocycles. The molecule has 2 rings (SSSR count). The fourth-order valence-corrected chi connectivity index (χ4v) is 2.41. The van der Waals surface area contributed by atoms with Crippen molar-refractivity contribution in [3.8, 4) is 0 Å². The van der Waals surface area contributed by atoms with Crippen molar-refractivity contribution < 1.29 is 24.0 Å². The molecule has 1 saturated heterocycles. The van der Waals surface area contributed by atoms with Crippen LogP contribution in [0.2, 0.25) is 0 Å². The highest BCUT2D eigenvalue weighted by atomic mass is 16.5. The van der Waals surface area contributed by atoms with E-state index in [1.165, 1.54) is 16.1 Å². The highest BCUT2D eigenvalue weighted by Crippen LogP contribution is 2.16. The summed E-state index contributed by atoms with van der Waals surface area (Å²) in [6, 6.07) is 1.59. The number of hydrogen-bond acceptors (Lipinski definition) is 5. The molecule has 1 fully saturated rings. The highest BCUT2D eigenvalue weighted by Gasteiger charge is 2.29. The lowest BCUT2D eigenvalue weighted by molar-refractivity contribution is -0.147. The SMILES string of the molecule is CN(CC(=O)N1CCCC(C(=O)O)C1)C(=O)Cc1ccon1. The molecule has 120 valence electrons. The number of nitrogens with zero attached hydrogens (tertiary/aromatic N) is 3. The molecule has 1 N–H and O–H groups in total. The molecular weight excluding hydrogens is 290 g/mol. The molecule has 22 heavy (non-hydrogen) atoms. The standard InChI is InChI=1S/C14H19N3O5/c1-16(12(18)7-11-4-6-22-15-11)9-13(19)17-5-2-3-10(8-17)14(20)21/h4,6,10H,2-3,5,7-9H2,1H3,(H,20,21). The van der Waals surface area contributed by atoms with Gasteiger partial charge in [0.2, 0.25) is 11.8 Å². The molecule has 0 spiro atoms. The zero-order valence-corrected chi connectivity index (χ0v) is 12.4. The van der Waals surface area contributed by atoms with Crippen LogP contribution >= 0.6 is 0 Å². The smallest absolute Gasteiger partial charge is 0.308 e. The van der Waals surface area contributed by atoms with E-state index in [1.807, 2.05) is 0 Å². The molecule has 1 atom stereocenters. The predicted octanol–water partition coefficient (Wildman–Crippen LogP) is -0.00130. The van der Waals surface area contributed by atoms with Crippen LogP contribution in [0.5, 0.6) is 0 Å². The van der Waals surface area contributed by atoms with Crippen molar-refractivity contribution in [3.05, 3.63) is 18.0 Å². The van der Waals surface area contributed by atoms with E-state index in [0.717, 1.165) is 0 Å². The van der Waals surface area contributed by atoms with Gasteiger partial charge in [0.05, 0.1) is 24.6 Å². The summed E-state index contributed by atoms with van der Waals surface area (Å²) in [5.74, 6) is -1.88. The van der Waals surface area contributed by atoms with Crippen LogP contribution in [0.25, 0.3) is 0 Å². The fraction of sp³-hybridized carbons (Fsp3) is 0.571. The van der Waals surface area contributed by atoms with Crippen LogP contribution in [0.15, 0.2) is 16.9 Å². The van der Waals surface area contributed by atoms with Crippen molar-refractivity contribution in [1.29, 1.82) is 0 Å². The van der Waals surface area contributed by atoms with Crippen molar-refractivity contribution in [2.45, 2.75) is 19.3 Å². The predicted molar refractivity (Wildman–Crippen MR) is 74.8 cm³/mol. The number of amides is 2. The third-order valence-electron chi connectivity index (χ3n) is 3.75. The van der Waals surface area contributed by atoms with Gasteiger partial charge in [0.25, 0.3) is 0 Å². The van der Waals surface area contributed by atoms with E-state index >= 15 is 0 Å². The minimum atomic E-state index is -0.882. The number of rotatable bonds is 5. The van der Waals surface area contributed by atoms with E-state index in [9.17, 15) is 14.4 Å². The summed E-state index contributed by atoms with van der Waals surface area (Å²) in [4.78, 5) is 38.0. The van der Waals surface area contributed by atoms with Gasteiger partial charge in [-0.25, -0.2) is 0 Å². The van der Waals surface area contributed by atoms with E-state index in [-0.39, 0.29) is 31.3 Å². The maximum atomic E-state index is 12.2. The first-order valence-corrected chi connectivity index (χ1v) is 7.11. The van der Waals surface area contributed by atoms with Crippen LogP contribution in [0.1, 0.15) is 18.5 Å². The minimum Gasteiger partial charge on any atom is -0.481 e. The maximum Gasteiger partial charge on any atom is 0.308 e. The van der Waals surface area contributed by atoms with Gasteiger partial charge in [-0.15, -0.1) is 0 Å². The molecule has 0 bridgehead atoms. The first-order chi connectivity index (χ1) is 10.5. The second kappa shape index (κ2) is 7.06. The van der Waals surface area contributed by atoms with Crippen molar-refractivity contribution >= 4 is 17.8 Å². The average molecular weight is 309 g/mol. The van der Waals surface area contributed by atoms with E-state index in [2.05, 4.69) is 9.68 Å². The molecule has 0 aromatic carbocycles. The van der Waals surface area contributed by atoms with Gasteiger partial charge >= 0.3 is 5.97 Å². The number of hydrogen-bond donors (Lipinski definition) is 1. The monoisotopic (exact) mass is 309 g/mol. The van der Waals surface area contributed by atoms with E-state index < -0.39 is 11.9 Å². The van der Waals surface area contributed by atoms with Gasteiger partial charge in [0, 0.05) is 26.2 Å². The van der Waals surface area contributed by atoms with Crippen LogP contribution in [0.4, 0.5) is 0 Å². The second-order valence-electron chi connectivity index (χ2n) is 5.43. The summed E-state index contributed by atoms with van der Waals surface area (Å²) in [7, 11) is 1.54. The number of likely N-dealkylation sites (tertiary alicyclic amines) is 1. The van der Waals surface area contributed by atoms with E-state index in [1.54, 1.807) is 13.1 Å². The average Bonchev–Trinajstić information content (AvgIpc) is 3.00. The van der Waals surface area contributed by atoms with Gasteiger partial charge in [-0.3, -0.25) is 14.4 Å². The lowest BCUT2D eigenvalue weighted by Gasteiger charge is -2.32. The number of aliphatic carboxylic acids is 1. The number of piperidine rings is 1. The molecule has 1 aromatic heterocycles. The Labute approximate surface area is 127 Å². The van der Waals surface area contributed by atoms with Crippen molar-refractivity contribution in [2.24, 2.45) is 5.92 Å². The molecule has 0 aliphatic carbocycles. The number of likely N-dealkylation sites (N-methyl/N-ethyl adjacent to an activating group) is 1. The molecule has 8 heteroatoms. The van der Waals surface area contributed by atoms with Crippen LogP contribution in [0.3, 0.4) is 0 Å². The molecule has 1 aliphatic rings. The fourth-order valence-electron chi connectivity index (χ4n) is 2.41. The normalized spacial score (nSPS) is 18.0. The van der Waals surface area contributed by atoms with Gasteiger partial charge in [0.1, 0.15) is 6.26 Å². The largest absolute Gasteiger partial charge is 0.481 e. The molecule has 8 nitrogen and oxygen atoms in total. The van der Waals surface area contributed by atoms with Gasteiger partial charge < -0.3 is 19.4 Å². The number of carbonyl (C=O) groups excluding carboxylic acids is 2. The summed E-state index contributed by atoms with van der Waals surface area (Å²) in [6.07, 6.45) is 2.70. The Morgan fingerprint density at radius 1 is 1.50 bits per heavy atom. The zero-order valence-electron chi connectivity index (χ0n) is 12.4. The Bertz CT molecular complexity index is 543. The van der Waals surface area contributed by atoms with Crippen molar-refractivity contribution in [2.75, 3.05) is 26.7 Å². The maximum absolute atomic E-state index is 12.2. The first kappa shape index (κ1) is 16.0. The van der Waals surface area contributed by atoms with Gasteiger partial charge in [-0.2, -0.15) is 0 Å². The van der Waals surface area contributed by atoms with Gasteiger partial charge in [-0.1, -0.05) is 5.16 Å². The topological polar surface area (TPSA) is 104 Å². The van der Waals surface area contributed by atoms with Gasteiger partial charge in [-0.05, 0) is 12.8 Å². The molecule has 2 amide bonds. The Hall–Kier alpha value is -2.38. The molecule has 0 radical (unpaired) electrons. The number of carboxylic acids is 1. The molecular formula is C14H19N3O5. The minimum absolute atomic E-state index is 0.0664. The van der Waals surface area contributed by atoms with Crippen LogP contribution < -0.4 is 0 Å². The third-order valence-corrected chi connectivity index (χ3v) is 3.75. The number of carboxylic acid groups (broad SMARTS) is 1. The molecule has 1 aromatic rings. The Balaban J connectivity index is 1.85. The van der Waals surface area contributed by atoms with Crippen molar-refractivity contribution in [1.82, 2.24) is 15.0 Å². The van der Waals surface area contributed by atoms with Gasteiger partial charge in [0.15, 0.2) is 0 Å². The molecule has 1 unspecified atom stereocenters. The van der Waals surface area contributed by atoms with E-state index in [4.69, 9.17) is 5.11 Å².